The fourth-order valence-electron chi connectivity index (χ4n) is 3.42. The molecule has 0 radical (unpaired) electrons. The summed E-state index contributed by atoms with van der Waals surface area (Å²) in [4.78, 5) is 22.6. The van der Waals surface area contributed by atoms with Gasteiger partial charge in [-0.25, -0.2) is 9.97 Å². The molecule has 7 heteroatoms. The van der Waals surface area contributed by atoms with Crippen LogP contribution in [0, 0.1) is 0 Å². The summed E-state index contributed by atoms with van der Waals surface area (Å²) in [5, 5.41) is 6.74. The van der Waals surface area contributed by atoms with E-state index in [1.807, 2.05) is 84.2 Å². The van der Waals surface area contributed by atoms with Crippen LogP contribution in [0.1, 0.15) is 10.4 Å². The number of pyridine rings is 1. The number of amides is 1. The normalized spacial score (nSPS) is 10.9. The van der Waals surface area contributed by atoms with Crippen LogP contribution in [0.15, 0.2) is 88.7 Å². The first-order chi connectivity index (χ1) is 15.6. The maximum atomic E-state index is 13.3. The van der Waals surface area contributed by atoms with E-state index in [2.05, 4.69) is 26.2 Å². The molecule has 0 saturated carbocycles. The molecule has 32 heavy (non-hydrogen) atoms. The predicted octanol–water partition coefficient (Wildman–Crippen LogP) is 7.69. The average molecular weight is 521 g/mol. The molecule has 5 aromatic rings. The van der Waals surface area contributed by atoms with Gasteiger partial charge in [-0.1, -0.05) is 76.1 Å². The van der Waals surface area contributed by atoms with E-state index in [1.165, 1.54) is 11.3 Å². The average Bonchev–Trinajstić information content (AvgIpc) is 3.27. The minimum atomic E-state index is -0.234. The molecule has 3 aromatic carbocycles. The topological polar surface area (TPSA) is 54.9 Å². The molecule has 2 aromatic heterocycles. The summed E-state index contributed by atoms with van der Waals surface area (Å²) in [6.45, 7) is 0. The highest BCUT2D eigenvalue weighted by Crippen LogP contribution is 2.31. The highest BCUT2D eigenvalue weighted by Gasteiger charge is 2.16. The lowest BCUT2D eigenvalue weighted by molar-refractivity contribution is 0.102. The van der Waals surface area contributed by atoms with Crippen molar-refractivity contribution in [2.75, 3.05) is 5.32 Å². The summed E-state index contributed by atoms with van der Waals surface area (Å²) >= 11 is 11.1. The maximum Gasteiger partial charge on any atom is 0.258 e. The molecule has 0 aliphatic carbocycles. The molecule has 5 rings (SSSR count). The Morgan fingerprint density at radius 3 is 2.47 bits per heavy atom. The number of nitrogens with zero attached hydrogens (tertiary/aromatic N) is 2. The third-order valence-corrected chi connectivity index (χ3v) is 6.59. The van der Waals surface area contributed by atoms with Crippen molar-refractivity contribution in [3.8, 4) is 22.5 Å². The number of nitrogens with one attached hydrogen (secondary N) is 1. The highest BCUT2D eigenvalue weighted by molar-refractivity contribution is 9.10. The largest absolute Gasteiger partial charge is 0.298 e. The van der Waals surface area contributed by atoms with Crippen LogP contribution in [-0.4, -0.2) is 15.9 Å². The van der Waals surface area contributed by atoms with Crippen LogP contribution in [0.2, 0.25) is 5.02 Å². The zero-order valence-corrected chi connectivity index (χ0v) is 19.7. The molecule has 1 N–H and O–H groups in total. The molecule has 4 nitrogen and oxygen atoms in total. The molecule has 2 heterocycles. The molecule has 0 aliphatic rings. The first-order valence-electron chi connectivity index (χ1n) is 9.76. The lowest BCUT2D eigenvalue weighted by Crippen LogP contribution is -2.13. The fraction of sp³-hybridized carbons (Fsp3) is 0. The SMILES string of the molecule is O=C(Nc1nc(-c2ccccc2Cl)cs1)c1cc(-c2ccc(Br)cc2)nc2ccccc12. The van der Waals surface area contributed by atoms with Crippen molar-refractivity contribution in [1.29, 1.82) is 0 Å². The number of hydrogen-bond donors (Lipinski definition) is 1. The molecule has 156 valence electrons. The number of hydrogen-bond acceptors (Lipinski definition) is 4. The second-order valence-corrected chi connectivity index (χ2v) is 9.23. The monoisotopic (exact) mass is 519 g/mol. The quantitative estimate of drug-likeness (QED) is 0.264. The van der Waals surface area contributed by atoms with Crippen LogP contribution in [0.3, 0.4) is 0 Å². The van der Waals surface area contributed by atoms with Crippen molar-refractivity contribution in [3.05, 3.63) is 99.3 Å². The summed E-state index contributed by atoms with van der Waals surface area (Å²) < 4.78 is 0.984. The third kappa shape index (κ3) is 4.17. The van der Waals surface area contributed by atoms with E-state index in [1.54, 1.807) is 0 Å². The third-order valence-electron chi connectivity index (χ3n) is 4.98. The van der Waals surface area contributed by atoms with Crippen molar-refractivity contribution in [1.82, 2.24) is 9.97 Å². The predicted molar refractivity (Wildman–Crippen MR) is 135 cm³/mol. The van der Waals surface area contributed by atoms with E-state index >= 15 is 0 Å². The first-order valence-corrected chi connectivity index (χ1v) is 11.8. The summed E-state index contributed by atoms with van der Waals surface area (Å²) in [5.41, 5.74) is 4.53. The van der Waals surface area contributed by atoms with Crippen molar-refractivity contribution in [2.24, 2.45) is 0 Å². The first kappa shape index (κ1) is 20.8. The minimum Gasteiger partial charge on any atom is -0.298 e. The highest BCUT2D eigenvalue weighted by atomic mass is 79.9. The number of aromatic nitrogens is 2. The Labute approximate surface area is 202 Å². The Balaban J connectivity index is 1.51. The van der Waals surface area contributed by atoms with E-state index in [0.717, 1.165) is 37.9 Å². The smallest absolute Gasteiger partial charge is 0.258 e. The summed E-state index contributed by atoms with van der Waals surface area (Å²) in [6, 6.07) is 24.8. The second-order valence-electron chi connectivity index (χ2n) is 7.05. The van der Waals surface area contributed by atoms with Crippen LogP contribution >= 0.6 is 38.9 Å². The van der Waals surface area contributed by atoms with Crippen molar-refractivity contribution < 1.29 is 4.79 Å². The van der Waals surface area contributed by atoms with Gasteiger partial charge in [0.05, 0.1) is 22.5 Å². The van der Waals surface area contributed by atoms with Crippen LogP contribution in [0.4, 0.5) is 5.13 Å². The Kier molecular flexibility index (Phi) is 5.74. The standard InChI is InChI=1S/C25H15BrClN3OS/c26-16-11-9-15(10-12-16)22-13-19(17-5-2-4-8-21(17)28-22)24(31)30-25-29-23(14-32-25)18-6-1-3-7-20(18)27/h1-14H,(H,29,30,31). The van der Waals surface area contributed by atoms with Crippen LogP contribution in [0.25, 0.3) is 33.4 Å². The van der Waals surface area contributed by atoms with E-state index in [0.29, 0.717) is 15.7 Å². The Hall–Kier alpha value is -3.06. The van der Waals surface area contributed by atoms with E-state index < -0.39 is 0 Å². The number of rotatable bonds is 4. The molecular formula is C25H15BrClN3OS. The van der Waals surface area contributed by atoms with Crippen LogP contribution in [0.5, 0.6) is 0 Å². The molecule has 0 atom stereocenters. The number of fused-ring (bicyclic) bond motifs is 1. The van der Waals surface area contributed by atoms with Crippen LogP contribution < -0.4 is 5.32 Å². The Morgan fingerprint density at radius 2 is 1.66 bits per heavy atom. The van der Waals surface area contributed by atoms with Gasteiger partial charge in [0.25, 0.3) is 5.91 Å². The van der Waals surface area contributed by atoms with Crippen molar-refractivity contribution in [3.63, 3.8) is 0 Å². The van der Waals surface area contributed by atoms with E-state index in [9.17, 15) is 4.79 Å². The molecule has 0 aliphatic heterocycles. The Morgan fingerprint density at radius 1 is 0.906 bits per heavy atom. The minimum absolute atomic E-state index is 0.234. The summed E-state index contributed by atoms with van der Waals surface area (Å²) in [7, 11) is 0. The van der Waals surface area contributed by atoms with Crippen molar-refractivity contribution in [2.45, 2.75) is 0 Å². The van der Waals surface area contributed by atoms with E-state index in [4.69, 9.17) is 16.6 Å². The molecule has 0 bridgehead atoms. The summed E-state index contributed by atoms with van der Waals surface area (Å²) in [5.74, 6) is -0.234. The lowest BCUT2D eigenvalue weighted by atomic mass is 10.0. The van der Waals surface area contributed by atoms with Gasteiger partial charge in [0.2, 0.25) is 0 Å². The van der Waals surface area contributed by atoms with Gasteiger partial charge in [-0.2, -0.15) is 0 Å². The van der Waals surface area contributed by atoms with Gasteiger partial charge >= 0.3 is 0 Å². The second kappa shape index (κ2) is 8.82. The van der Waals surface area contributed by atoms with Gasteiger partial charge in [-0.15, -0.1) is 11.3 Å². The Bertz CT molecular complexity index is 1450. The number of carbonyl (C=O) groups is 1. The number of halogens is 2. The number of para-hydroxylation sites is 1. The zero-order valence-electron chi connectivity index (χ0n) is 16.5. The van der Waals surface area contributed by atoms with Crippen LogP contribution in [-0.2, 0) is 0 Å². The molecule has 1 amide bonds. The zero-order chi connectivity index (χ0) is 22.1. The molecular weight excluding hydrogens is 506 g/mol. The van der Waals surface area contributed by atoms with Gasteiger partial charge in [0.15, 0.2) is 5.13 Å². The van der Waals surface area contributed by atoms with Gasteiger partial charge in [0.1, 0.15) is 0 Å². The number of benzene rings is 3. The van der Waals surface area contributed by atoms with Gasteiger partial charge < -0.3 is 0 Å². The van der Waals surface area contributed by atoms with Gasteiger partial charge in [-0.05, 0) is 30.3 Å². The molecule has 0 saturated heterocycles. The van der Waals surface area contributed by atoms with Gasteiger partial charge in [-0.3, -0.25) is 10.1 Å². The maximum absolute atomic E-state index is 13.3. The van der Waals surface area contributed by atoms with E-state index in [-0.39, 0.29) is 5.91 Å². The molecule has 0 fully saturated rings. The number of anilines is 1. The molecule has 0 spiro atoms. The number of carbonyl (C=O) groups excluding carboxylic acids is 1. The fourth-order valence-corrected chi connectivity index (χ4v) is 4.62. The van der Waals surface area contributed by atoms with Gasteiger partial charge in [0, 0.05) is 31.4 Å². The van der Waals surface area contributed by atoms with Crippen molar-refractivity contribution >= 4 is 60.8 Å². The molecule has 0 unspecified atom stereocenters. The number of thiazole rings is 1. The summed E-state index contributed by atoms with van der Waals surface area (Å²) in [6.07, 6.45) is 0. The lowest BCUT2D eigenvalue weighted by Gasteiger charge is -2.10.